The molecular formula is C20H32BFN2O2. The normalized spacial score (nSPS) is 23.5. The van der Waals surface area contributed by atoms with Gasteiger partial charge in [-0.15, -0.1) is 0 Å². The molecule has 3 rings (SSSR count). The first-order chi connectivity index (χ1) is 11.9. The van der Waals surface area contributed by atoms with E-state index in [9.17, 15) is 4.39 Å². The first-order valence-electron chi connectivity index (χ1n) is 9.56. The number of piperazine rings is 1. The molecule has 0 amide bonds. The van der Waals surface area contributed by atoms with Gasteiger partial charge in [-0.25, -0.2) is 4.39 Å². The van der Waals surface area contributed by atoms with Crippen molar-refractivity contribution >= 4 is 18.3 Å². The molecule has 0 bridgehead atoms. The van der Waals surface area contributed by atoms with Gasteiger partial charge in [0, 0.05) is 31.7 Å². The Bertz CT molecular complexity index is 648. The van der Waals surface area contributed by atoms with Gasteiger partial charge in [0.2, 0.25) is 0 Å². The number of benzene rings is 1. The van der Waals surface area contributed by atoms with Crippen LogP contribution in [0.25, 0.3) is 0 Å². The molecule has 4 nitrogen and oxygen atoms in total. The van der Waals surface area contributed by atoms with E-state index in [0.29, 0.717) is 5.69 Å². The largest absolute Gasteiger partial charge is 0.494 e. The number of anilines is 1. The topological polar surface area (TPSA) is 24.9 Å². The van der Waals surface area contributed by atoms with Crippen molar-refractivity contribution in [2.75, 3.05) is 31.1 Å². The second-order valence-corrected chi connectivity index (χ2v) is 9.44. The number of nitrogens with zero attached hydrogens (tertiary/aromatic N) is 2. The van der Waals surface area contributed by atoms with Crippen molar-refractivity contribution in [1.82, 2.24) is 4.90 Å². The molecule has 0 aliphatic carbocycles. The summed E-state index contributed by atoms with van der Waals surface area (Å²) in [7, 11) is -0.527. The minimum absolute atomic E-state index is 0.158. The lowest BCUT2D eigenvalue weighted by molar-refractivity contribution is 0.00578. The molecule has 0 unspecified atom stereocenters. The molecule has 2 aliphatic heterocycles. The molecule has 0 N–H and O–H groups in total. The van der Waals surface area contributed by atoms with Crippen LogP contribution in [0, 0.1) is 5.82 Å². The number of hydrogen-bond donors (Lipinski definition) is 0. The summed E-state index contributed by atoms with van der Waals surface area (Å²) in [5, 5.41) is 0. The van der Waals surface area contributed by atoms with Gasteiger partial charge in [-0.1, -0.05) is 6.07 Å². The minimum Gasteiger partial charge on any atom is -0.399 e. The third kappa shape index (κ3) is 3.64. The maximum absolute atomic E-state index is 14.8. The van der Waals surface area contributed by atoms with Crippen LogP contribution in [0.3, 0.4) is 0 Å². The van der Waals surface area contributed by atoms with Crippen molar-refractivity contribution in [3.63, 3.8) is 0 Å². The summed E-state index contributed by atoms with van der Waals surface area (Å²) in [6.45, 7) is 18.3. The molecule has 0 radical (unpaired) electrons. The van der Waals surface area contributed by atoms with Gasteiger partial charge in [-0.05, 0) is 66.1 Å². The van der Waals surface area contributed by atoms with E-state index >= 15 is 0 Å². The van der Waals surface area contributed by atoms with Gasteiger partial charge in [0.05, 0.1) is 16.9 Å². The molecule has 2 aliphatic rings. The summed E-state index contributed by atoms with van der Waals surface area (Å²) in [5.74, 6) is -0.207. The average Bonchev–Trinajstić information content (AvgIpc) is 2.75. The predicted molar refractivity (Wildman–Crippen MR) is 106 cm³/mol. The van der Waals surface area contributed by atoms with Crippen molar-refractivity contribution in [3.05, 3.63) is 24.0 Å². The van der Waals surface area contributed by atoms with E-state index in [0.717, 1.165) is 31.6 Å². The highest BCUT2D eigenvalue weighted by Crippen LogP contribution is 2.36. The summed E-state index contributed by atoms with van der Waals surface area (Å²) in [6, 6.07) is 5.35. The first-order valence-corrected chi connectivity index (χ1v) is 9.56. The van der Waals surface area contributed by atoms with E-state index in [4.69, 9.17) is 9.31 Å². The maximum Gasteiger partial charge on any atom is 0.494 e. The van der Waals surface area contributed by atoms with Crippen molar-refractivity contribution in [3.8, 4) is 0 Å². The molecular weight excluding hydrogens is 330 g/mol. The molecule has 6 heteroatoms. The van der Waals surface area contributed by atoms with Gasteiger partial charge < -0.3 is 14.2 Å². The number of halogens is 1. The lowest BCUT2D eigenvalue weighted by Gasteiger charge is -2.43. The summed E-state index contributed by atoms with van der Waals surface area (Å²) in [4.78, 5) is 4.58. The van der Waals surface area contributed by atoms with E-state index in [1.165, 1.54) is 0 Å². The molecule has 1 aromatic carbocycles. The van der Waals surface area contributed by atoms with Crippen molar-refractivity contribution in [2.24, 2.45) is 0 Å². The Labute approximate surface area is 157 Å². The Kier molecular flexibility index (Phi) is 4.91. The molecule has 144 valence electrons. The monoisotopic (exact) mass is 362 g/mol. The van der Waals surface area contributed by atoms with Crippen LogP contribution in [-0.2, 0) is 9.31 Å². The Morgan fingerprint density at radius 3 is 1.96 bits per heavy atom. The van der Waals surface area contributed by atoms with Crippen LogP contribution in [0.4, 0.5) is 10.1 Å². The fourth-order valence-electron chi connectivity index (χ4n) is 3.52. The van der Waals surface area contributed by atoms with Crippen LogP contribution >= 0.6 is 0 Å². The summed E-state index contributed by atoms with van der Waals surface area (Å²) < 4.78 is 26.9. The Hall–Kier alpha value is -1.11. The molecule has 0 saturated carbocycles. The summed E-state index contributed by atoms with van der Waals surface area (Å²) in [5.41, 5.74) is 0.717. The second-order valence-electron chi connectivity index (χ2n) is 9.44. The van der Waals surface area contributed by atoms with E-state index in [1.807, 2.05) is 39.8 Å². The second kappa shape index (κ2) is 6.50. The van der Waals surface area contributed by atoms with E-state index < -0.39 is 18.3 Å². The van der Waals surface area contributed by atoms with Crippen molar-refractivity contribution in [2.45, 2.75) is 65.2 Å². The summed E-state index contributed by atoms with van der Waals surface area (Å²) >= 11 is 0. The molecule has 0 aromatic heterocycles. The van der Waals surface area contributed by atoms with Gasteiger partial charge in [-0.3, -0.25) is 4.90 Å². The molecule has 2 fully saturated rings. The Morgan fingerprint density at radius 2 is 1.50 bits per heavy atom. The fourth-order valence-corrected chi connectivity index (χ4v) is 3.52. The Balaban J connectivity index is 1.72. The van der Waals surface area contributed by atoms with Crippen LogP contribution in [-0.4, -0.2) is 54.9 Å². The molecule has 1 aromatic rings. The zero-order chi connectivity index (χ0) is 19.3. The highest BCUT2D eigenvalue weighted by atomic mass is 19.1. The standard InChI is InChI=1S/C20H32BFN2O2/c1-18(2,3)24-12-10-23(11-13-24)17-9-8-15(14-16(17)22)21-25-19(4,5)20(6,7)26-21/h8-9,14H,10-13H2,1-7H3. The molecule has 0 atom stereocenters. The van der Waals surface area contributed by atoms with Crippen LogP contribution in [0.15, 0.2) is 18.2 Å². The van der Waals surface area contributed by atoms with Gasteiger partial charge in [0.1, 0.15) is 5.82 Å². The molecule has 26 heavy (non-hydrogen) atoms. The average molecular weight is 362 g/mol. The van der Waals surface area contributed by atoms with Gasteiger partial charge in [-0.2, -0.15) is 0 Å². The number of hydrogen-bond acceptors (Lipinski definition) is 4. The summed E-state index contributed by atoms with van der Waals surface area (Å²) in [6.07, 6.45) is 0. The van der Waals surface area contributed by atoms with Crippen LogP contribution in [0.2, 0.25) is 0 Å². The van der Waals surface area contributed by atoms with Crippen LogP contribution < -0.4 is 10.4 Å². The van der Waals surface area contributed by atoms with Crippen LogP contribution in [0.5, 0.6) is 0 Å². The van der Waals surface area contributed by atoms with E-state index in [-0.39, 0.29) is 11.4 Å². The van der Waals surface area contributed by atoms with Crippen molar-refractivity contribution in [1.29, 1.82) is 0 Å². The number of rotatable bonds is 2. The lowest BCUT2D eigenvalue weighted by Crippen LogP contribution is -2.53. The first kappa shape index (κ1) is 19.7. The minimum atomic E-state index is -0.527. The predicted octanol–water partition coefficient (Wildman–Crippen LogP) is 3.05. The van der Waals surface area contributed by atoms with Gasteiger partial charge in [0.15, 0.2) is 0 Å². The van der Waals surface area contributed by atoms with Gasteiger partial charge >= 0.3 is 7.12 Å². The van der Waals surface area contributed by atoms with E-state index in [1.54, 1.807) is 6.07 Å². The fraction of sp³-hybridized carbons (Fsp3) is 0.700. The van der Waals surface area contributed by atoms with Crippen molar-refractivity contribution < 1.29 is 13.7 Å². The van der Waals surface area contributed by atoms with Crippen LogP contribution in [0.1, 0.15) is 48.5 Å². The third-order valence-electron chi connectivity index (χ3n) is 6.07. The Morgan fingerprint density at radius 1 is 0.962 bits per heavy atom. The maximum atomic E-state index is 14.8. The van der Waals surface area contributed by atoms with E-state index in [2.05, 4.69) is 30.6 Å². The lowest BCUT2D eigenvalue weighted by atomic mass is 9.79. The smallest absolute Gasteiger partial charge is 0.399 e. The molecule has 2 heterocycles. The zero-order valence-corrected chi connectivity index (χ0v) is 17.2. The molecule has 0 spiro atoms. The SMILES string of the molecule is CC(C)(C)N1CCN(c2ccc(B3OC(C)(C)C(C)(C)O3)cc2F)CC1. The highest BCUT2D eigenvalue weighted by molar-refractivity contribution is 6.62. The third-order valence-corrected chi connectivity index (χ3v) is 6.07. The quantitative estimate of drug-likeness (QED) is 0.755. The highest BCUT2D eigenvalue weighted by Gasteiger charge is 2.51. The molecule has 2 saturated heterocycles. The zero-order valence-electron chi connectivity index (χ0n) is 17.2. The van der Waals surface area contributed by atoms with Gasteiger partial charge in [0.25, 0.3) is 0 Å².